The van der Waals surface area contributed by atoms with Gasteiger partial charge in [-0.15, -0.1) is 0 Å². The Bertz CT molecular complexity index is 1030. The smallest absolute Gasteiger partial charge is 0.270 e. The molecule has 0 atom stereocenters. The van der Waals surface area contributed by atoms with E-state index in [0.29, 0.717) is 16.5 Å². The molecule has 2 heterocycles. The minimum atomic E-state index is -0.406. The molecule has 0 bridgehead atoms. The summed E-state index contributed by atoms with van der Waals surface area (Å²) in [6, 6.07) is 16.2. The zero-order chi connectivity index (χ0) is 20.2. The molecule has 2 aromatic carbocycles. The van der Waals surface area contributed by atoms with Crippen LogP contribution in [0.15, 0.2) is 66.0 Å². The third kappa shape index (κ3) is 4.17. The first-order valence-corrected chi connectivity index (χ1v) is 10.4. The van der Waals surface area contributed by atoms with Gasteiger partial charge in [-0.1, -0.05) is 42.1 Å². The second kappa shape index (κ2) is 8.48. The fourth-order valence-electron chi connectivity index (χ4n) is 3.43. The maximum Gasteiger partial charge on any atom is 0.270 e. The fraction of sp³-hybridized carbons (Fsp3) is 0.238. The number of imidazole rings is 1. The summed E-state index contributed by atoms with van der Waals surface area (Å²) >= 11 is 1.39. The number of para-hydroxylation sites is 1. The largest absolute Gasteiger partial charge is 0.342 e. The molecule has 1 fully saturated rings. The van der Waals surface area contributed by atoms with Crippen molar-refractivity contribution in [2.45, 2.75) is 18.0 Å². The van der Waals surface area contributed by atoms with E-state index in [1.54, 1.807) is 18.3 Å². The standard InChI is InChI=1S/C21H20N4O3S/c26-20(23-11-4-5-12-23)15-29-21-22-14-19(24(21)17-8-2-1-3-9-17)16-7-6-10-18(13-16)25(27)28/h1-3,6-10,13-14H,4-5,11-12,15H2. The highest BCUT2D eigenvalue weighted by Gasteiger charge is 2.21. The van der Waals surface area contributed by atoms with Gasteiger partial charge in [0, 0.05) is 36.5 Å². The van der Waals surface area contributed by atoms with Gasteiger partial charge >= 0.3 is 0 Å². The van der Waals surface area contributed by atoms with Gasteiger partial charge in [0.1, 0.15) is 0 Å². The molecular formula is C21H20N4O3S. The third-order valence-corrected chi connectivity index (χ3v) is 5.82. The lowest BCUT2D eigenvalue weighted by Crippen LogP contribution is -2.29. The summed E-state index contributed by atoms with van der Waals surface area (Å²) in [7, 11) is 0. The highest BCUT2D eigenvalue weighted by Crippen LogP contribution is 2.31. The Morgan fingerprint density at radius 1 is 1.10 bits per heavy atom. The number of benzene rings is 2. The van der Waals surface area contributed by atoms with Gasteiger partial charge in [-0.25, -0.2) is 4.98 Å². The first kappa shape index (κ1) is 19.2. The Morgan fingerprint density at radius 3 is 2.59 bits per heavy atom. The Hall–Kier alpha value is -3.13. The van der Waals surface area contributed by atoms with Crippen LogP contribution in [0.1, 0.15) is 12.8 Å². The van der Waals surface area contributed by atoms with Crippen molar-refractivity contribution in [1.82, 2.24) is 14.5 Å². The Kier molecular flexibility index (Phi) is 5.62. The zero-order valence-electron chi connectivity index (χ0n) is 15.7. The maximum atomic E-state index is 12.5. The molecule has 1 amide bonds. The van der Waals surface area contributed by atoms with Crippen LogP contribution in [0.25, 0.3) is 16.9 Å². The number of carbonyl (C=O) groups excluding carboxylic acids is 1. The van der Waals surface area contributed by atoms with E-state index in [1.807, 2.05) is 45.9 Å². The van der Waals surface area contributed by atoms with Gasteiger partial charge < -0.3 is 4.90 Å². The topological polar surface area (TPSA) is 81.3 Å². The number of likely N-dealkylation sites (tertiary alicyclic amines) is 1. The number of aromatic nitrogens is 2. The van der Waals surface area contributed by atoms with Crippen LogP contribution in [0.3, 0.4) is 0 Å². The number of non-ortho nitro benzene ring substituents is 1. The van der Waals surface area contributed by atoms with Gasteiger partial charge in [0.05, 0.1) is 22.6 Å². The summed E-state index contributed by atoms with van der Waals surface area (Å²) in [5.74, 6) is 0.435. The summed E-state index contributed by atoms with van der Waals surface area (Å²) in [4.78, 5) is 29.7. The van der Waals surface area contributed by atoms with Gasteiger partial charge in [-0.2, -0.15) is 0 Å². The average molecular weight is 408 g/mol. The third-order valence-electron chi connectivity index (χ3n) is 4.88. The lowest BCUT2D eigenvalue weighted by molar-refractivity contribution is -0.384. The van der Waals surface area contributed by atoms with E-state index in [-0.39, 0.29) is 11.6 Å². The van der Waals surface area contributed by atoms with Crippen LogP contribution in [-0.2, 0) is 4.79 Å². The number of nitrogens with zero attached hydrogens (tertiary/aromatic N) is 4. The highest BCUT2D eigenvalue weighted by atomic mass is 32.2. The lowest BCUT2D eigenvalue weighted by atomic mass is 10.1. The number of carbonyl (C=O) groups is 1. The molecule has 0 radical (unpaired) electrons. The highest BCUT2D eigenvalue weighted by molar-refractivity contribution is 7.99. The molecule has 0 spiro atoms. The van der Waals surface area contributed by atoms with Crippen LogP contribution < -0.4 is 0 Å². The summed E-state index contributed by atoms with van der Waals surface area (Å²) in [6.07, 6.45) is 3.83. The van der Waals surface area contributed by atoms with E-state index in [1.165, 1.54) is 17.8 Å². The molecule has 8 heteroatoms. The number of rotatable bonds is 6. The summed E-state index contributed by atoms with van der Waals surface area (Å²) in [5.41, 5.74) is 2.37. The minimum absolute atomic E-state index is 0.0294. The molecule has 3 aromatic rings. The number of nitro benzene ring substituents is 1. The van der Waals surface area contributed by atoms with Crippen molar-refractivity contribution >= 4 is 23.4 Å². The summed E-state index contributed by atoms with van der Waals surface area (Å²) in [5, 5.41) is 11.9. The van der Waals surface area contributed by atoms with Crippen LogP contribution >= 0.6 is 11.8 Å². The average Bonchev–Trinajstić information content (AvgIpc) is 3.43. The molecular weight excluding hydrogens is 388 g/mol. The quantitative estimate of drug-likeness (QED) is 0.347. The van der Waals surface area contributed by atoms with Crippen molar-refractivity contribution in [3.05, 3.63) is 70.9 Å². The number of thioether (sulfide) groups is 1. The van der Waals surface area contributed by atoms with E-state index in [0.717, 1.165) is 37.3 Å². The van der Waals surface area contributed by atoms with Crippen molar-refractivity contribution in [2.24, 2.45) is 0 Å². The monoisotopic (exact) mass is 408 g/mol. The van der Waals surface area contributed by atoms with Gasteiger partial charge in [0.15, 0.2) is 5.16 Å². The predicted molar refractivity (Wildman–Crippen MR) is 112 cm³/mol. The normalized spacial score (nSPS) is 13.6. The molecule has 148 valence electrons. The van der Waals surface area contributed by atoms with Gasteiger partial charge in [0.2, 0.25) is 5.91 Å². The van der Waals surface area contributed by atoms with Crippen LogP contribution in [0.4, 0.5) is 5.69 Å². The van der Waals surface area contributed by atoms with Crippen LogP contribution in [0, 0.1) is 10.1 Å². The molecule has 29 heavy (non-hydrogen) atoms. The molecule has 0 saturated carbocycles. The van der Waals surface area contributed by atoms with E-state index < -0.39 is 4.92 Å². The van der Waals surface area contributed by atoms with Crippen LogP contribution in [0.5, 0.6) is 0 Å². The van der Waals surface area contributed by atoms with E-state index in [9.17, 15) is 14.9 Å². The number of hydrogen-bond acceptors (Lipinski definition) is 5. The molecule has 1 saturated heterocycles. The van der Waals surface area contributed by atoms with Crippen molar-refractivity contribution < 1.29 is 9.72 Å². The summed E-state index contributed by atoms with van der Waals surface area (Å²) in [6.45, 7) is 1.65. The Balaban J connectivity index is 1.68. The molecule has 1 aliphatic rings. The minimum Gasteiger partial charge on any atom is -0.342 e. The van der Waals surface area contributed by atoms with E-state index >= 15 is 0 Å². The molecule has 0 aliphatic carbocycles. The van der Waals surface area contributed by atoms with E-state index in [4.69, 9.17) is 0 Å². The van der Waals surface area contributed by atoms with Gasteiger partial charge in [-0.05, 0) is 25.0 Å². The first-order valence-electron chi connectivity index (χ1n) is 9.42. The second-order valence-electron chi connectivity index (χ2n) is 6.78. The summed E-state index contributed by atoms with van der Waals surface area (Å²) < 4.78 is 1.95. The lowest BCUT2D eigenvalue weighted by Gasteiger charge is -2.15. The van der Waals surface area contributed by atoms with Crippen molar-refractivity contribution in [2.75, 3.05) is 18.8 Å². The first-order chi connectivity index (χ1) is 14.1. The number of hydrogen-bond donors (Lipinski definition) is 0. The van der Waals surface area contributed by atoms with Crippen molar-refractivity contribution in [3.8, 4) is 16.9 Å². The van der Waals surface area contributed by atoms with Crippen molar-refractivity contribution in [3.63, 3.8) is 0 Å². The molecule has 1 aliphatic heterocycles. The van der Waals surface area contributed by atoms with Crippen LogP contribution in [0.2, 0.25) is 0 Å². The Labute approximate surface area is 172 Å². The van der Waals surface area contributed by atoms with Gasteiger partial charge in [-0.3, -0.25) is 19.5 Å². The fourth-order valence-corrected chi connectivity index (χ4v) is 4.33. The predicted octanol–water partition coefficient (Wildman–Crippen LogP) is 4.16. The Morgan fingerprint density at radius 2 is 1.86 bits per heavy atom. The maximum absolute atomic E-state index is 12.5. The molecule has 0 unspecified atom stereocenters. The molecule has 7 nitrogen and oxygen atoms in total. The second-order valence-corrected chi connectivity index (χ2v) is 7.72. The van der Waals surface area contributed by atoms with Crippen molar-refractivity contribution in [1.29, 1.82) is 0 Å². The number of nitro groups is 1. The number of amides is 1. The molecule has 0 N–H and O–H groups in total. The van der Waals surface area contributed by atoms with Gasteiger partial charge in [0.25, 0.3) is 5.69 Å². The van der Waals surface area contributed by atoms with Crippen LogP contribution in [-0.4, -0.2) is 44.1 Å². The molecule has 4 rings (SSSR count). The van der Waals surface area contributed by atoms with E-state index in [2.05, 4.69) is 4.98 Å². The SMILES string of the molecule is O=C(CSc1ncc(-c2cccc([N+](=O)[O-])c2)n1-c1ccccc1)N1CCCC1. The molecule has 1 aromatic heterocycles. The zero-order valence-corrected chi connectivity index (χ0v) is 16.5.